The monoisotopic (exact) mass is 428 g/mol. The summed E-state index contributed by atoms with van der Waals surface area (Å²) in [5.41, 5.74) is 3.66. The minimum Gasteiger partial charge on any atom is -0.321 e. The summed E-state index contributed by atoms with van der Waals surface area (Å²) in [5, 5.41) is 8.02. The Bertz CT molecular complexity index is 1390. The van der Waals surface area contributed by atoms with Crippen molar-refractivity contribution >= 4 is 33.1 Å². The summed E-state index contributed by atoms with van der Waals surface area (Å²) in [5.74, 6) is -0.713. The van der Waals surface area contributed by atoms with Gasteiger partial charge >= 0.3 is 0 Å². The Balaban J connectivity index is 1.48. The summed E-state index contributed by atoms with van der Waals surface area (Å²) in [7, 11) is 0. The predicted molar refractivity (Wildman–Crippen MR) is 121 cm³/mol. The van der Waals surface area contributed by atoms with Crippen LogP contribution in [-0.2, 0) is 0 Å². The predicted octanol–water partition coefficient (Wildman–Crippen LogP) is 5.85. The molecule has 5 aromatic rings. The van der Waals surface area contributed by atoms with Gasteiger partial charge in [-0.3, -0.25) is 4.79 Å². The van der Waals surface area contributed by atoms with E-state index in [1.165, 1.54) is 16.9 Å². The molecule has 0 radical (unpaired) electrons. The molecule has 0 fully saturated rings. The highest BCUT2D eigenvalue weighted by molar-refractivity contribution is 7.21. The maximum Gasteiger partial charge on any atom is 0.259 e. The second-order valence-electron chi connectivity index (χ2n) is 6.99. The third-order valence-corrected chi connectivity index (χ3v) is 6.10. The zero-order valence-electron chi connectivity index (χ0n) is 16.5. The molecule has 0 aliphatic heterocycles. The molecule has 0 bridgehead atoms. The molecule has 0 spiro atoms. The fourth-order valence-electron chi connectivity index (χ4n) is 3.45. The standard InChI is InChI=1S/C24H17FN4OS/c1-15-17(14-26-29(15)21-12-6-3-9-18(21)25)23(30)27-19-10-4-2-8-16(19)24-28-20-11-5-7-13-22(20)31-24/h2-14H,1H3,(H,27,30). The summed E-state index contributed by atoms with van der Waals surface area (Å²) in [6.45, 7) is 1.74. The zero-order chi connectivity index (χ0) is 21.4. The number of nitrogens with zero attached hydrogens (tertiary/aromatic N) is 3. The molecular formula is C24H17FN4OS. The highest BCUT2D eigenvalue weighted by Gasteiger charge is 2.19. The van der Waals surface area contributed by atoms with Gasteiger partial charge in [0.2, 0.25) is 0 Å². The summed E-state index contributed by atoms with van der Waals surface area (Å²) in [6, 6.07) is 21.8. The summed E-state index contributed by atoms with van der Waals surface area (Å²) in [6.07, 6.45) is 1.46. The van der Waals surface area contributed by atoms with Crippen molar-refractivity contribution in [2.45, 2.75) is 6.92 Å². The first kappa shape index (κ1) is 19.1. The van der Waals surface area contributed by atoms with Crippen molar-refractivity contribution in [3.63, 3.8) is 0 Å². The Morgan fingerprint density at radius 1 is 1.00 bits per heavy atom. The van der Waals surface area contributed by atoms with Crippen molar-refractivity contribution in [3.8, 4) is 16.3 Å². The van der Waals surface area contributed by atoms with Crippen LogP contribution < -0.4 is 5.32 Å². The van der Waals surface area contributed by atoms with E-state index in [-0.39, 0.29) is 5.91 Å². The molecule has 0 saturated carbocycles. The number of carbonyl (C=O) groups is 1. The van der Waals surface area contributed by atoms with Gasteiger partial charge in [-0.25, -0.2) is 14.1 Å². The normalized spacial score (nSPS) is 11.0. The van der Waals surface area contributed by atoms with Gasteiger partial charge in [-0.05, 0) is 43.3 Å². The minimum absolute atomic E-state index is 0.300. The third-order valence-electron chi connectivity index (χ3n) is 5.03. The molecule has 5 nitrogen and oxygen atoms in total. The molecule has 31 heavy (non-hydrogen) atoms. The molecule has 5 rings (SSSR count). The highest BCUT2D eigenvalue weighted by Crippen LogP contribution is 2.34. The zero-order valence-corrected chi connectivity index (χ0v) is 17.4. The van der Waals surface area contributed by atoms with Crippen LogP contribution in [-0.4, -0.2) is 20.7 Å². The number of rotatable bonds is 4. The Labute approximate surface area is 181 Å². The number of para-hydroxylation sites is 3. The first-order chi connectivity index (χ1) is 15.1. The van der Waals surface area contributed by atoms with E-state index in [2.05, 4.69) is 10.4 Å². The van der Waals surface area contributed by atoms with E-state index in [0.29, 0.717) is 22.6 Å². The second kappa shape index (κ2) is 7.77. The van der Waals surface area contributed by atoms with Crippen molar-refractivity contribution in [3.05, 3.63) is 96.1 Å². The van der Waals surface area contributed by atoms with E-state index in [0.717, 1.165) is 20.8 Å². The van der Waals surface area contributed by atoms with E-state index < -0.39 is 5.82 Å². The van der Waals surface area contributed by atoms with Crippen LogP contribution in [0.2, 0.25) is 0 Å². The number of halogens is 1. The number of hydrogen-bond acceptors (Lipinski definition) is 4. The molecule has 0 saturated heterocycles. The SMILES string of the molecule is Cc1c(C(=O)Nc2ccccc2-c2nc3ccccc3s2)cnn1-c1ccccc1F. The minimum atomic E-state index is -0.401. The van der Waals surface area contributed by atoms with Crippen LogP contribution in [0.25, 0.3) is 26.5 Å². The number of carbonyl (C=O) groups excluding carboxylic acids is 1. The molecule has 0 atom stereocenters. The Kier molecular flexibility index (Phi) is 4.80. The van der Waals surface area contributed by atoms with Crippen molar-refractivity contribution in [2.24, 2.45) is 0 Å². The van der Waals surface area contributed by atoms with Gasteiger partial charge in [0.15, 0.2) is 0 Å². The number of benzene rings is 3. The molecular weight excluding hydrogens is 411 g/mol. The van der Waals surface area contributed by atoms with Crippen LogP contribution in [0, 0.1) is 12.7 Å². The maximum absolute atomic E-state index is 14.2. The number of hydrogen-bond donors (Lipinski definition) is 1. The lowest BCUT2D eigenvalue weighted by molar-refractivity contribution is 0.102. The average molecular weight is 428 g/mol. The Morgan fingerprint density at radius 2 is 1.74 bits per heavy atom. The molecule has 1 N–H and O–H groups in total. The smallest absolute Gasteiger partial charge is 0.259 e. The summed E-state index contributed by atoms with van der Waals surface area (Å²) >= 11 is 1.57. The number of nitrogens with one attached hydrogen (secondary N) is 1. The van der Waals surface area contributed by atoms with Gasteiger partial charge in [-0.2, -0.15) is 5.10 Å². The first-order valence-electron chi connectivity index (χ1n) is 9.67. The molecule has 0 aliphatic carbocycles. The van der Waals surface area contributed by atoms with Gasteiger partial charge in [0.1, 0.15) is 16.5 Å². The summed E-state index contributed by atoms with van der Waals surface area (Å²) in [4.78, 5) is 17.7. The molecule has 0 aliphatic rings. The van der Waals surface area contributed by atoms with E-state index >= 15 is 0 Å². The summed E-state index contributed by atoms with van der Waals surface area (Å²) < 4.78 is 16.7. The molecule has 0 unspecified atom stereocenters. The van der Waals surface area contributed by atoms with Crippen LogP contribution in [0.5, 0.6) is 0 Å². The fraction of sp³-hybridized carbons (Fsp3) is 0.0417. The van der Waals surface area contributed by atoms with E-state index in [9.17, 15) is 9.18 Å². The second-order valence-corrected chi connectivity index (χ2v) is 8.02. The van der Waals surface area contributed by atoms with Gasteiger partial charge < -0.3 is 5.32 Å². The number of amides is 1. The van der Waals surface area contributed by atoms with Gasteiger partial charge in [0.05, 0.1) is 33.4 Å². The Hall–Kier alpha value is -3.84. The van der Waals surface area contributed by atoms with E-state index in [1.807, 2.05) is 48.5 Å². The largest absolute Gasteiger partial charge is 0.321 e. The van der Waals surface area contributed by atoms with Crippen molar-refractivity contribution in [1.82, 2.24) is 14.8 Å². The number of aromatic nitrogens is 3. The van der Waals surface area contributed by atoms with Crippen molar-refractivity contribution in [1.29, 1.82) is 0 Å². The number of fused-ring (bicyclic) bond motifs is 1. The molecule has 7 heteroatoms. The van der Waals surface area contributed by atoms with E-state index in [4.69, 9.17) is 4.98 Å². The quantitative estimate of drug-likeness (QED) is 0.391. The topological polar surface area (TPSA) is 59.8 Å². The molecule has 1 amide bonds. The molecule has 3 aromatic carbocycles. The lowest BCUT2D eigenvalue weighted by Crippen LogP contribution is -2.14. The van der Waals surface area contributed by atoms with Gasteiger partial charge in [0, 0.05) is 5.56 Å². The van der Waals surface area contributed by atoms with Gasteiger partial charge in [0.25, 0.3) is 5.91 Å². The van der Waals surface area contributed by atoms with E-state index in [1.54, 1.807) is 36.5 Å². The van der Waals surface area contributed by atoms with Crippen molar-refractivity contribution in [2.75, 3.05) is 5.32 Å². The van der Waals surface area contributed by atoms with Crippen LogP contribution in [0.4, 0.5) is 10.1 Å². The maximum atomic E-state index is 14.2. The number of thiazole rings is 1. The van der Waals surface area contributed by atoms with Crippen molar-refractivity contribution < 1.29 is 9.18 Å². The van der Waals surface area contributed by atoms with Crippen LogP contribution in [0.3, 0.4) is 0 Å². The first-order valence-corrected chi connectivity index (χ1v) is 10.5. The fourth-order valence-corrected chi connectivity index (χ4v) is 4.46. The highest BCUT2D eigenvalue weighted by atomic mass is 32.1. The lowest BCUT2D eigenvalue weighted by Gasteiger charge is -2.10. The van der Waals surface area contributed by atoms with Crippen LogP contribution >= 0.6 is 11.3 Å². The Morgan fingerprint density at radius 3 is 2.58 bits per heavy atom. The molecule has 152 valence electrons. The van der Waals surface area contributed by atoms with Gasteiger partial charge in [-0.1, -0.05) is 36.4 Å². The van der Waals surface area contributed by atoms with Crippen LogP contribution in [0.15, 0.2) is 79.0 Å². The number of anilines is 1. The van der Waals surface area contributed by atoms with Crippen LogP contribution in [0.1, 0.15) is 16.1 Å². The molecule has 2 heterocycles. The third kappa shape index (κ3) is 3.49. The average Bonchev–Trinajstić information content (AvgIpc) is 3.38. The lowest BCUT2D eigenvalue weighted by atomic mass is 10.1. The molecule has 2 aromatic heterocycles. The van der Waals surface area contributed by atoms with Gasteiger partial charge in [-0.15, -0.1) is 11.3 Å².